The molecule has 1 N–H and O–H groups in total. The van der Waals surface area contributed by atoms with Crippen molar-refractivity contribution in [2.24, 2.45) is 0 Å². The second kappa shape index (κ2) is 6.18. The van der Waals surface area contributed by atoms with E-state index in [-0.39, 0.29) is 6.04 Å². The molecule has 0 aliphatic carbocycles. The van der Waals surface area contributed by atoms with Crippen LogP contribution < -0.4 is 5.32 Å². The van der Waals surface area contributed by atoms with Gasteiger partial charge in [0, 0.05) is 15.8 Å². The van der Waals surface area contributed by atoms with Crippen LogP contribution >= 0.6 is 22.9 Å². The molecule has 0 saturated carbocycles. The van der Waals surface area contributed by atoms with Gasteiger partial charge in [-0.3, -0.25) is 0 Å². The van der Waals surface area contributed by atoms with E-state index in [2.05, 4.69) is 54.0 Å². The SMILES string of the molecule is CNC(Cc1csc2ccccc12)c1cc(C)cc(Cl)c1. The molecule has 0 fully saturated rings. The summed E-state index contributed by atoms with van der Waals surface area (Å²) in [6, 6.07) is 15.1. The van der Waals surface area contributed by atoms with E-state index in [9.17, 15) is 0 Å². The van der Waals surface area contributed by atoms with E-state index >= 15 is 0 Å². The third-order valence-corrected chi connectivity index (χ3v) is 5.03. The molecule has 3 aromatic rings. The van der Waals surface area contributed by atoms with E-state index < -0.39 is 0 Å². The van der Waals surface area contributed by atoms with E-state index in [1.807, 2.05) is 24.5 Å². The van der Waals surface area contributed by atoms with Crippen molar-refractivity contribution in [2.45, 2.75) is 19.4 Å². The number of aryl methyl sites for hydroxylation is 1. The largest absolute Gasteiger partial charge is 0.313 e. The predicted molar refractivity (Wildman–Crippen MR) is 93.5 cm³/mol. The summed E-state index contributed by atoms with van der Waals surface area (Å²) in [7, 11) is 2.01. The highest BCUT2D eigenvalue weighted by Gasteiger charge is 2.14. The number of nitrogens with one attached hydrogen (secondary N) is 1. The number of likely N-dealkylation sites (N-methyl/N-ethyl adjacent to an activating group) is 1. The molecule has 0 saturated heterocycles. The third kappa shape index (κ3) is 3.13. The van der Waals surface area contributed by atoms with Crippen LogP contribution in [-0.2, 0) is 6.42 Å². The highest BCUT2D eigenvalue weighted by atomic mass is 35.5. The molecule has 0 bridgehead atoms. The van der Waals surface area contributed by atoms with Crippen molar-refractivity contribution in [3.63, 3.8) is 0 Å². The Bertz CT molecular complexity index is 743. The van der Waals surface area contributed by atoms with Crippen molar-refractivity contribution < 1.29 is 0 Å². The summed E-state index contributed by atoms with van der Waals surface area (Å²) in [5.41, 5.74) is 3.85. The molecule has 0 amide bonds. The van der Waals surface area contributed by atoms with Gasteiger partial charge < -0.3 is 5.32 Å². The molecule has 1 nitrogen and oxygen atoms in total. The van der Waals surface area contributed by atoms with Crippen LogP contribution in [0.5, 0.6) is 0 Å². The minimum Gasteiger partial charge on any atom is -0.313 e. The number of hydrogen-bond acceptors (Lipinski definition) is 2. The van der Waals surface area contributed by atoms with Gasteiger partial charge in [-0.2, -0.15) is 0 Å². The Morgan fingerprint density at radius 1 is 1.19 bits per heavy atom. The molecule has 2 aromatic carbocycles. The van der Waals surface area contributed by atoms with Crippen molar-refractivity contribution in [1.29, 1.82) is 0 Å². The van der Waals surface area contributed by atoms with Crippen LogP contribution in [0.25, 0.3) is 10.1 Å². The summed E-state index contributed by atoms with van der Waals surface area (Å²) in [5, 5.41) is 7.86. The zero-order valence-electron chi connectivity index (χ0n) is 12.2. The van der Waals surface area contributed by atoms with Crippen LogP contribution in [0, 0.1) is 6.92 Å². The molecule has 0 aliphatic rings. The summed E-state index contributed by atoms with van der Waals surface area (Å²) in [6.07, 6.45) is 0.973. The van der Waals surface area contributed by atoms with Gasteiger partial charge in [0.05, 0.1) is 0 Å². The van der Waals surface area contributed by atoms with E-state index in [0.29, 0.717) is 0 Å². The summed E-state index contributed by atoms with van der Waals surface area (Å²) >= 11 is 8.02. The first-order valence-electron chi connectivity index (χ1n) is 7.07. The van der Waals surface area contributed by atoms with Gasteiger partial charge in [-0.05, 0) is 66.0 Å². The molecule has 108 valence electrons. The number of fused-ring (bicyclic) bond motifs is 1. The van der Waals surface area contributed by atoms with Crippen LogP contribution in [0.4, 0.5) is 0 Å². The van der Waals surface area contributed by atoms with Crippen LogP contribution in [0.15, 0.2) is 47.8 Å². The Labute approximate surface area is 134 Å². The number of halogens is 1. The number of hydrogen-bond donors (Lipinski definition) is 1. The highest BCUT2D eigenvalue weighted by Crippen LogP contribution is 2.30. The summed E-state index contributed by atoms with van der Waals surface area (Å²) < 4.78 is 1.35. The quantitative estimate of drug-likeness (QED) is 0.683. The molecule has 1 aromatic heterocycles. The van der Waals surface area contributed by atoms with E-state index in [0.717, 1.165) is 11.4 Å². The second-order valence-corrected chi connectivity index (χ2v) is 6.71. The predicted octanol–water partition coefficient (Wildman–Crippen LogP) is 5.37. The minimum absolute atomic E-state index is 0.278. The Balaban J connectivity index is 1.94. The fourth-order valence-corrected chi connectivity index (χ4v) is 4.04. The van der Waals surface area contributed by atoms with Gasteiger partial charge in [-0.1, -0.05) is 35.9 Å². The van der Waals surface area contributed by atoms with Crippen LogP contribution in [0.3, 0.4) is 0 Å². The Morgan fingerprint density at radius 2 is 2.00 bits per heavy atom. The van der Waals surface area contributed by atoms with Crippen molar-refractivity contribution in [1.82, 2.24) is 5.32 Å². The zero-order chi connectivity index (χ0) is 14.8. The minimum atomic E-state index is 0.278. The van der Waals surface area contributed by atoms with Gasteiger partial charge in [0.15, 0.2) is 0 Å². The van der Waals surface area contributed by atoms with Crippen molar-refractivity contribution in [2.75, 3.05) is 7.05 Å². The molecule has 1 atom stereocenters. The number of benzene rings is 2. The van der Waals surface area contributed by atoms with E-state index in [1.165, 1.54) is 26.8 Å². The fourth-order valence-electron chi connectivity index (χ4n) is 2.76. The fraction of sp³-hybridized carbons (Fsp3) is 0.222. The number of rotatable bonds is 4. The maximum Gasteiger partial charge on any atom is 0.0411 e. The van der Waals surface area contributed by atoms with E-state index in [1.54, 1.807) is 0 Å². The lowest BCUT2D eigenvalue weighted by Crippen LogP contribution is -2.18. The molecule has 3 rings (SSSR count). The molecule has 1 heterocycles. The van der Waals surface area contributed by atoms with Crippen LogP contribution in [0.2, 0.25) is 5.02 Å². The van der Waals surface area contributed by atoms with Crippen molar-refractivity contribution in [3.05, 3.63) is 69.6 Å². The van der Waals surface area contributed by atoms with Crippen molar-refractivity contribution in [3.8, 4) is 0 Å². The molecular weight excluding hydrogens is 298 g/mol. The van der Waals surface area contributed by atoms with Gasteiger partial charge in [0.1, 0.15) is 0 Å². The molecule has 0 radical (unpaired) electrons. The van der Waals surface area contributed by atoms with Crippen LogP contribution in [-0.4, -0.2) is 7.05 Å². The summed E-state index contributed by atoms with van der Waals surface area (Å²) in [4.78, 5) is 0. The molecule has 21 heavy (non-hydrogen) atoms. The monoisotopic (exact) mass is 315 g/mol. The molecular formula is C18H18ClNS. The van der Waals surface area contributed by atoms with Crippen molar-refractivity contribution >= 4 is 33.0 Å². The smallest absolute Gasteiger partial charge is 0.0411 e. The first kappa shape index (κ1) is 14.6. The Kier molecular flexibility index (Phi) is 4.29. The maximum atomic E-state index is 6.20. The average Bonchev–Trinajstić information content (AvgIpc) is 2.87. The third-order valence-electron chi connectivity index (χ3n) is 3.80. The van der Waals surface area contributed by atoms with Gasteiger partial charge in [0.25, 0.3) is 0 Å². The average molecular weight is 316 g/mol. The molecule has 3 heteroatoms. The van der Waals surface area contributed by atoms with Crippen LogP contribution in [0.1, 0.15) is 22.7 Å². The molecule has 1 unspecified atom stereocenters. The summed E-state index contributed by atoms with van der Waals surface area (Å²) in [6.45, 7) is 2.09. The topological polar surface area (TPSA) is 12.0 Å². The first-order chi connectivity index (χ1) is 10.2. The molecule has 0 spiro atoms. The summed E-state index contributed by atoms with van der Waals surface area (Å²) in [5.74, 6) is 0. The first-order valence-corrected chi connectivity index (χ1v) is 8.32. The Morgan fingerprint density at radius 3 is 2.76 bits per heavy atom. The van der Waals surface area contributed by atoms with E-state index in [4.69, 9.17) is 11.6 Å². The lowest BCUT2D eigenvalue weighted by Gasteiger charge is -2.17. The lowest BCUT2D eigenvalue weighted by molar-refractivity contribution is 0.594. The number of thiophene rings is 1. The lowest BCUT2D eigenvalue weighted by atomic mass is 9.97. The van der Waals surface area contributed by atoms with Gasteiger partial charge in [0.2, 0.25) is 0 Å². The van der Waals surface area contributed by atoms with Gasteiger partial charge in [-0.25, -0.2) is 0 Å². The maximum absolute atomic E-state index is 6.20. The normalized spacial score (nSPS) is 12.7. The second-order valence-electron chi connectivity index (χ2n) is 5.36. The standard InChI is InChI=1S/C18H18ClNS/c1-12-7-13(9-15(19)8-12)17(20-2)10-14-11-21-18-6-4-3-5-16(14)18/h3-9,11,17,20H,10H2,1-2H3. The van der Waals surface area contributed by atoms with Gasteiger partial charge >= 0.3 is 0 Å². The van der Waals surface area contributed by atoms with Gasteiger partial charge in [-0.15, -0.1) is 11.3 Å². The molecule has 0 aliphatic heterocycles. The Hall–Kier alpha value is -1.35. The zero-order valence-corrected chi connectivity index (χ0v) is 13.8. The highest BCUT2D eigenvalue weighted by molar-refractivity contribution is 7.17.